The van der Waals surface area contributed by atoms with E-state index in [4.69, 9.17) is 0 Å². The van der Waals surface area contributed by atoms with Crippen LogP contribution in [0.5, 0.6) is 0 Å². The van der Waals surface area contributed by atoms with Gasteiger partial charge in [0.1, 0.15) is 0 Å². The van der Waals surface area contributed by atoms with E-state index in [1.54, 1.807) is 0 Å². The quantitative estimate of drug-likeness (QED) is 0.632. The average molecular weight is 216 g/mol. The molecule has 3 nitrogen and oxygen atoms in total. The maximum Gasteiger partial charge on any atom is 0.281 e. The zero-order valence-corrected chi connectivity index (χ0v) is 8.70. The minimum absolute atomic E-state index is 0.139. The van der Waals surface area contributed by atoms with E-state index in [1.165, 1.54) is 11.8 Å². The number of nitrogens with zero attached hydrogens (tertiary/aromatic N) is 2. The number of benzene rings is 1. The number of fused-ring (bicyclic) bond motifs is 3. The third-order valence-corrected chi connectivity index (χ3v) is 3.26. The van der Waals surface area contributed by atoms with Gasteiger partial charge in [-0.1, -0.05) is 30.0 Å². The van der Waals surface area contributed by atoms with Crippen LogP contribution in [-0.4, -0.2) is 9.55 Å². The number of aromatic nitrogens is 2. The highest BCUT2D eigenvalue weighted by Gasteiger charge is 2.10. The fourth-order valence-electron chi connectivity index (χ4n) is 1.72. The molecule has 0 aliphatic carbocycles. The molecule has 0 unspecified atom stereocenters. The first kappa shape index (κ1) is 8.73. The predicted molar refractivity (Wildman–Crippen MR) is 61.0 cm³/mol. The van der Waals surface area contributed by atoms with Crippen molar-refractivity contribution >= 4 is 22.7 Å². The first-order valence-corrected chi connectivity index (χ1v) is 5.55. The molecule has 0 fully saturated rings. The number of para-hydroxylation sites is 1. The molecule has 0 saturated carbocycles. The van der Waals surface area contributed by atoms with E-state index in [-0.39, 0.29) is 5.56 Å². The normalized spacial score (nSPS) is 14.1. The highest BCUT2D eigenvalue weighted by atomic mass is 32.2. The van der Waals surface area contributed by atoms with Gasteiger partial charge in [0.05, 0.1) is 10.9 Å². The van der Waals surface area contributed by atoms with E-state index < -0.39 is 0 Å². The third-order valence-electron chi connectivity index (χ3n) is 2.41. The van der Waals surface area contributed by atoms with Crippen LogP contribution in [0.15, 0.2) is 45.7 Å². The fourth-order valence-corrected chi connectivity index (χ4v) is 2.46. The van der Waals surface area contributed by atoms with Crippen molar-refractivity contribution in [1.82, 2.24) is 9.55 Å². The van der Waals surface area contributed by atoms with Gasteiger partial charge in [-0.25, -0.2) is 0 Å². The van der Waals surface area contributed by atoms with E-state index in [0.717, 1.165) is 17.2 Å². The number of thioether (sulfide) groups is 1. The molecule has 4 heteroatoms. The van der Waals surface area contributed by atoms with Crippen LogP contribution in [-0.2, 0) is 6.54 Å². The van der Waals surface area contributed by atoms with Crippen LogP contribution in [0.25, 0.3) is 10.9 Å². The summed E-state index contributed by atoms with van der Waals surface area (Å²) in [4.78, 5) is 15.7. The van der Waals surface area contributed by atoms with Gasteiger partial charge in [0, 0.05) is 6.54 Å². The molecule has 1 aliphatic rings. The fraction of sp³-hybridized carbons (Fsp3) is 0.0909. The lowest BCUT2D eigenvalue weighted by Crippen LogP contribution is -2.16. The van der Waals surface area contributed by atoms with Crippen molar-refractivity contribution in [3.63, 3.8) is 0 Å². The second-order valence-electron chi connectivity index (χ2n) is 3.32. The number of allylic oxidation sites excluding steroid dienone is 1. The van der Waals surface area contributed by atoms with Crippen LogP contribution in [0.3, 0.4) is 0 Å². The monoisotopic (exact) mass is 216 g/mol. The Bertz CT molecular complexity index is 616. The molecule has 0 amide bonds. The summed E-state index contributed by atoms with van der Waals surface area (Å²) >= 11 is 1.49. The number of rotatable bonds is 0. The van der Waals surface area contributed by atoms with E-state index in [9.17, 15) is 4.79 Å². The van der Waals surface area contributed by atoms with Gasteiger partial charge >= 0.3 is 0 Å². The maximum absolute atomic E-state index is 11.7. The van der Waals surface area contributed by atoms with Crippen LogP contribution in [0.1, 0.15) is 0 Å². The lowest BCUT2D eigenvalue weighted by atomic mass is 10.2. The van der Waals surface area contributed by atoms with Crippen molar-refractivity contribution in [2.75, 3.05) is 0 Å². The molecular formula is C11H8N2OS. The Morgan fingerprint density at radius 3 is 3.13 bits per heavy atom. The second-order valence-corrected chi connectivity index (χ2v) is 4.19. The number of hydrogen-bond donors (Lipinski definition) is 0. The Labute approximate surface area is 90.4 Å². The Hall–Kier alpha value is -1.55. The molecule has 2 aromatic rings. The Balaban J connectivity index is 2.47. The summed E-state index contributed by atoms with van der Waals surface area (Å²) in [6, 6.07) is 7.59. The van der Waals surface area contributed by atoms with Gasteiger partial charge < -0.3 is 4.57 Å². The van der Waals surface area contributed by atoms with Crippen LogP contribution in [0.2, 0.25) is 0 Å². The van der Waals surface area contributed by atoms with Gasteiger partial charge in [-0.05, 0) is 17.5 Å². The van der Waals surface area contributed by atoms with Crippen LogP contribution >= 0.6 is 11.8 Å². The maximum atomic E-state index is 11.7. The van der Waals surface area contributed by atoms with Crippen molar-refractivity contribution in [1.29, 1.82) is 0 Å². The first-order chi connectivity index (χ1) is 7.36. The largest absolute Gasteiger partial charge is 0.316 e. The average Bonchev–Trinajstić information content (AvgIpc) is 2.30. The second kappa shape index (κ2) is 3.24. The summed E-state index contributed by atoms with van der Waals surface area (Å²) in [7, 11) is 0. The molecule has 74 valence electrons. The zero-order chi connectivity index (χ0) is 10.3. The first-order valence-electron chi connectivity index (χ1n) is 4.67. The van der Waals surface area contributed by atoms with Gasteiger partial charge in [-0.15, -0.1) is 0 Å². The predicted octanol–water partition coefficient (Wildman–Crippen LogP) is 2.02. The zero-order valence-electron chi connectivity index (χ0n) is 7.88. The van der Waals surface area contributed by atoms with Crippen molar-refractivity contribution in [2.24, 2.45) is 0 Å². The Morgan fingerprint density at radius 1 is 1.33 bits per heavy atom. The Morgan fingerprint density at radius 2 is 2.20 bits per heavy atom. The summed E-state index contributed by atoms with van der Waals surface area (Å²) in [5.74, 6) is 0. The smallest absolute Gasteiger partial charge is 0.281 e. The van der Waals surface area contributed by atoms with Gasteiger partial charge in [0.25, 0.3) is 5.56 Å². The standard InChI is InChI=1S/C11H8N2OS/c14-10-8-4-1-2-5-9(8)13-6-3-7-15-11(13)12-10/h1-5,7H,6H2. The highest BCUT2D eigenvalue weighted by Crippen LogP contribution is 2.23. The van der Waals surface area contributed by atoms with E-state index in [2.05, 4.69) is 15.6 Å². The molecule has 15 heavy (non-hydrogen) atoms. The van der Waals surface area contributed by atoms with Crippen molar-refractivity contribution in [3.05, 3.63) is 46.1 Å². The molecular weight excluding hydrogens is 208 g/mol. The SMILES string of the molecule is O=c1nc2n(c3ccccc13)CC=CS2. The third kappa shape index (κ3) is 1.29. The molecule has 2 heterocycles. The highest BCUT2D eigenvalue weighted by molar-refractivity contribution is 8.02. The van der Waals surface area contributed by atoms with Crippen molar-refractivity contribution < 1.29 is 0 Å². The van der Waals surface area contributed by atoms with Crippen LogP contribution in [0, 0.1) is 0 Å². The van der Waals surface area contributed by atoms with Gasteiger partial charge in [0.2, 0.25) is 0 Å². The lowest BCUT2D eigenvalue weighted by molar-refractivity contribution is 0.706. The molecule has 0 atom stereocenters. The molecule has 0 bridgehead atoms. The molecule has 0 N–H and O–H groups in total. The summed E-state index contributed by atoms with van der Waals surface area (Å²) < 4.78 is 2.06. The van der Waals surface area contributed by atoms with Crippen LogP contribution < -0.4 is 5.56 Å². The summed E-state index contributed by atoms with van der Waals surface area (Å²) in [6.07, 6.45) is 2.07. The Kier molecular flexibility index (Phi) is 1.89. The molecule has 0 radical (unpaired) electrons. The van der Waals surface area contributed by atoms with Gasteiger partial charge in [-0.2, -0.15) is 4.98 Å². The van der Waals surface area contributed by atoms with Gasteiger partial charge in [-0.3, -0.25) is 4.79 Å². The van der Waals surface area contributed by atoms with E-state index >= 15 is 0 Å². The molecule has 1 aromatic carbocycles. The summed E-state index contributed by atoms with van der Waals surface area (Å²) in [5, 5.41) is 3.44. The van der Waals surface area contributed by atoms with Crippen LogP contribution in [0.4, 0.5) is 0 Å². The number of hydrogen-bond acceptors (Lipinski definition) is 3. The molecule has 0 spiro atoms. The van der Waals surface area contributed by atoms with Crippen molar-refractivity contribution in [2.45, 2.75) is 11.7 Å². The van der Waals surface area contributed by atoms with E-state index in [1.807, 2.05) is 29.7 Å². The lowest BCUT2D eigenvalue weighted by Gasteiger charge is -2.15. The topological polar surface area (TPSA) is 34.9 Å². The van der Waals surface area contributed by atoms with E-state index in [0.29, 0.717) is 5.39 Å². The molecule has 0 saturated heterocycles. The minimum Gasteiger partial charge on any atom is -0.316 e. The molecule has 1 aromatic heterocycles. The summed E-state index contributed by atoms with van der Waals surface area (Å²) in [5.41, 5.74) is 0.823. The molecule has 1 aliphatic heterocycles. The molecule has 3 rings (SSSR count). The summed E-state index contributed by atoms with van der Waals surface area (Å²) in [6.45, 7) is 0.788. The van der Waals surface area contributed by atoms with Gasteiger partial charge in [0.15, 0.2) is 5.16 Å². The minimum atomic E-state index is -0.139. The van der Waals surface area contributed by atoms with Crippen molar-refractivity contribution in [3.8, 4) is 0 Å².